The Morgan fingerprint density at radius 1 is 1.14 bits per heavy atom. The van der Waals surface area contributed by atoms with Crippen LogP contribution in [0.1, 0.15) is 21.6 Å². The van der Waals surface area contributed by atoms with Gasteiger partial charge < -0.3 is 0 Å². The highest BCUT2D eigenvalue weighted by Crippen LogP contribution is 2.32. The number of hydrogen-bond donors (Lipinski definition) is 1. The van der Waals surface area contributed by atoms with Gasteiger partial charge in [0.2, 0.25) is 0 Å². The van der Waals surface area contributed by atoms with Crippen LogP contribution in [0.2, 0.25) is 0 Å². The molecule has 21 heavy (non-hydrogen) atoms. The molecule has 1 N–H and O–H groups in total. The van der Waals surface area contributed by atoms with Crippen LogP contribution in [0.15, 0.2) is 35.7 Å². The Balaban J connectivity index is 1.91. The predicted molar refractivity (Wildman–Crippen MR) is 89.3 cm³/mol. The van der Waals surface area contributed by atoms with E-state index in [1.165, 1.54) is 16.0 Å². The zero-order valence-corrected chi connectivity index (χ0v) is 13.0. The molecule has 3 aromatic rings. The van der Waals surface area contributed by atoms with Crippen LogP contribution in [0, 0.1) is 20.8 Å². The highest BCUT2D eigenvalue weighted by molar-refractivity contribution is 7.18. The first kappa shape index (κ1) is 13.7. The Morgan fingerprint density at radius 3 is 2.76 bits per heavy atom. The van der Waals surface area contributed by atoms with Gasteiger partial charge in [-0.1, -0.05) is 24.3 Å². The van der Waals surface area contributed by atoms with E-state index < -0.39 is 0 Å². The van der Waals surface area contributed by atoms with Gasteiger partial charge in [0, 0.05) is 4.88 Å². The third-order valence-corrected chi connectivity index (χ3v) is 4.64. The molecule has 0 radical (unpaired) electrons. The second-order valence-electron chi connectivity index (χ2n) is 4.91. The minimum atomic E-state index is 0.756. The van der Waals surface area contributed by atoms with Crippen LogP contribution in [0.25, 0.3) is 10.2 Å². The quantitative estimate of drug-likeness (QED) is 0.585. The third kappa shape index (κ3) is 2.64. The van der Waals surface area contributed by atoms with Crippen molar-refractivity contribution in [3.05, 3.63) is 52.2 Å². The molecule has 0 saturated carbocycles. The van der Waals surface area contributed by atoms with Crippen molar-refractivity contribution in [2.45, 2.75) is 20.8 Å². The molecule has 0 aliphatic heterocycles. The van der Waals surface area contributed by atoms with E-state index in [1.807, 2.05) is 24.4 Å². The molecule has 0 unspecified atom stereocenters. The van der Waals surface area contributed by atoms with Crippen molar-refractivity contribution in [3.63, 3.8) is 0 Å². The maximum Gasteiger partial charge on any atom is 0.158 e. The molecule has 0 atom stereocenters. The molecule has 2 aromatic heterocycles. The van der Waals surface area contributed by atoms with Crippen molar-refractivity contribution in [1.29, 1.82) is 0 Å². The summed E-state index contributed by atoms with van der Waals surface area (Å²) in [6, 6.07) is 8.13. The molecule has 0 saturated heterocycles. The Bertz CT molecular complexity index is 820. The van der Waals surface area contributed by atoms with Crippen LogP contribution in [0.5, 0.6) is 0 Å². The van der Waals surface area contributed by atoms with Gasteiger partial charge >= 0.3 is 0 Å². The number of benzene rings is 1. The normalized spacial score (nSPS) is 11.4. The van der Waals surface area contributed by atoms with Gasteiger partial charge in [-0.25, -0.2) is 9.97 Å². The average Bonchev–Trinajstić information content (AvgIpc) is 2.77. The summed E-state index contributed by atoms with van der Waals surface area (Å²) in [7, 11) is 0. The van der Waals surface area contributed by atoms with Crippen LogP contribution < -0.4 is 5.43 Å². The summed E-state index contributed by atoms with van der Waals surface area (Å²) in [5, 5.41) is 5.37. The number of hydrogen-bond acceptors (Lipinski definition) is 5. The molecule has 106 valence electrons. The van der Waals surface area contributed by atoms with Crippen LogP contribution in [0.4, 0.5) is 5.82 Å². The summed E-state index contributed by atoms with van der Waals surface area (Å²) in [5.74, 6) is 0.756. The number of fused-ring (bicyclic) bond motifs is 1. The first-order valence-electron chi connectivity index (χ1n) is 6.72. The van der Waals surface area contributed by atoms with Crippen LogP contribution in [-0.2, 0) is 0 Å². The van der Waals surface area contributed by atoms with E-state index in [-0.39, 0.29) is 0 Å². The van der Waals surface area contributed by atoms with Gasteiger partial charge in [-0.2, -0.15) is 5.10 Å². The van der Waals surface area contributed by atoms with Gasteiger partial charge in [0.05, 0.1) is 11.6 Å². The van der Waals surface area contributed by atoms with E-state index in [0.29, 0.717) is 0 Å². The first-order valence-corrected chi connectivity index (χ1v) is 7.54. The van der Waals surface area contributed by atoms with Crippen molar-refractivity contribution in [2.24, 2.45) is 5.10 Å². The zero-order chi connectivity index (χ0) is 14.8. The third-order valence-electron chi connectivity index (χ3n) is 3.53. The monoisotopic (exact) mass is 296 g/mol. The molecule has 0 bridgehead atoms. The molecule has 4 nitrogen and oxygen atoms in total. The lowest BCUT2D eigenvalue weighted by Gasteiger charge is -2.02. The summed E-state index contributed by atoms with van der Waals surface area (Å²) in [6.45, 7) is 6.26. The van der Waals surface area contributed by atoms with Gasteiger partial charge in [-0.15, -0.1) is 11.3 Å². The Labute approximate surface area is 127 Å². The van der Waals surface area contributed by atoms with E-state index in [0.717, 1.165) is 21.6 Å². The second kappa shape index (κ2) is 5.61. The van der Waals surface area contributed by atoms with Crippen molar-refractivity contribution in [3.8, 4) is 0 Å². The number of nitrogens with one attached hydrogen (secondary N) is 1. The van der Waals surface area contributed by atoms with Gasteiger partial charge in [-0.05, 0) is 37.5 Å². The molecule has 2 heterocycles. The number of aryl methyl sites for hydroxylation is 3. The molecule has 0 fully saturated rings. The Kier molecular flexibility index (Phi) is 3.66. The van der Waals surface area contributed by atoms with Gasteiger partial charge in [0.15, 0.2) is 5.82 Å². The lowest BCUT2D eigenvalue weighted by atomic mass is 10.1. The molecule has 5 heteroatoms. The van der Waals surface area contributed by atoms with Crippen molar-refractivity contribution < 1.29 is 0 Å². The molecule has 3 rings (SSSR count). The second-order valence-corrected chi connectivity index (χ2v) is 6.12. The molecular formula is C16H16N4S. The molecule has 0 aliphatic carbocycles. The SMILES string of the molecule is Cc1ccccc1/C=N/Nc1ncnc2sc(C)c(C)c12. The van der Waals surface area contributed by atoms with Crippen LogP contribution in [-0.4, -0.2) is 16.2 Å². The van der Waals surface area contributed by atoms with E-state index in [2.05, 4.69) is 47.3 Å². The standard InChI is InChI=1S/C16H16N4S/c1-10-6-4-5-7-13(10)8-19-20-15-14-11(2)12(3)21-16(14)18-9-17-15/h4-9H,1-3H3,(H,17,18,20)/b19-8+. The zero-order valence-electron chi connectivity index (χ0n) is 12.2. The minimum absolute atomic E-state index is 0.756. The smallest absolute Gasteiger partial charge is 0.158 e. The van der Waals surface area contributed by atoms with E-state index in [4.69, 9.17) is 0 Å². The fourth-order valence-electron chi connectivity index (χ4n) is 2.16. The fraction of sp³-hybridized carbons (Fsp3) is 0.188. The van der Waals surface area contributed by atoms with Crippen LogP contribution >= 0.6 is 11.3 Å². The lowest BCUT2D eigenvalue weighted by Crippen LogP contribution is -1.96. The van der Waals surface area contributed by atoms with Crippen LogP contribution in [0.3, 0.4) is 0 Å². The minimum Gasteiger partial charge on any atom is -0.261 e. The fourth-order valence-corrected chi connectivity index (χ4v) is 3.16. The van der Waals surface area contributed by atoms with Gasteiger partial charge in [0.25, 0.3) is 0 Å². The number of rotatable bonds is 3. The van der Waals surface area contributed by atoms with Gasteiger partial charge in [0.1, 0.15) is 11.2 Å². The lowest BCUT2D eigenvalue weighted by molar-refractivity contribution is 1.19. The number of thiophene rings is 1. The van der Waals surface area contributed by atoms with E-state index >= 15 is 0 Å². The first-order chi connectivity index (χ1) is 10.2. The maximum absolute atomic E-state index is 4.32. The number of anilines is 1. The van der Waals surface area contributed by atoms with E-state index in [9.17, 15) is 0 Å². The highest BCUT2D eigenvalue weighted by atomic mass is 32.1. The number of aromatic nitrogens is 2. The summed E-state index contributed by atoms with van der Waals surface area (Å²) in [5.41, 5.74) is 6.54. The largest absolute Gasteiger partial charge is 0.261 e. The average molecular weight is 296 g/mol. The summed E-state index contributed by atoms with van der Waals surface area (Å²) < 4.78 is 0. The summed E-state index contributed by atoms with van der Waals surface area (Å²) >= 11 is 1.68. The van der Waals surface area contributed by atoms with Crippen molar-refractivity contribution in [1.82, 2.24) is 9.97 Å². The molecule has 0 aliphatic rings. The molecule has 0 spiro atoms. The Hall–Kier alpha value is -2.27. The molecule has 1 aromatic carbocycles. The molecular weight excluding hydrogens is 280 g/mol. The van der Waals surface area contributed by atoms with E-state index in [1.54, 1.807) is 17.7 Å². The number of hydrazone groups is 1. The predicted octanol–water partition coefficient (Wildman–Crippen LogP) is 4.06. The maximum atomic E-state index is 4.32. The summed E-state index contributed by atoms with van der Waals surface area (Å²) in [6.07, 6.45) is 3.39. The van der Waals surface area contributed by atoms with Gasteiger partial charge in [-0.3, -0.25) is 5.43 Å². The molecule has 0 amide bonds. The van der Waals surface area contributed by atoms with Crippen molar-refractivity contribution >= 4 is 33.6 Å². The number of nitrogens with zero attached hydrogens (tertiary/aromatic N) is 3. The highest BCUT2D eigenvalue weighted by Gasteiger charge is 2.11. The Morgan fingerprint density at radius 2 is 1.95 bits per heavy atom. The van der Waals surface area contributed by atoms with Crippen molar-refractivity contribution in [2.75, 3.05) is 5.43 Å². The summed E-state index contributed by atoms with van der Waals surface area (Å²) in [4.78, 5) is 10.9. The topological polar surface area (TPSA) is 50.2 Å².